The molecule has 0 spiro atoms. The summed E-state index contributed by atoms with van der Waals surface area (Å²) in [6.45, 7) is 2.56. The zero-order valence-corrected chi connectivity index (χ0v) is 10.4. The number of benzene rings is 1. The van der Waals surface area contributed by atoms with Gasteiger partial charge in [-0.2, -0.15) is 5.10 Å². The summed E-state index contributed by atoms with van der Waals surface area (Å²) < 4.78 is 0. The van der Waals surface area contributed by atoms with E-state index in [1.165, 1.54) is 11.1 Å². The maximum absolute atomic E-state index is 11.7. The van der Waals surface area contributed by atoms with Crippen LogP contribution in [0.2, 0.25) is 0 Å². The van der Waals surface area contributed by atoms with Gasteiger partial charge in [0.05, 0.1) is 12.2 Å². The summed E-state index contributed by atoms with van der Waals surface area (Å²) >= 11 is 0. The number of aromatic amines is 1. The molecular formula is C14H17N3O. The number of carbonyl (C=O) groups excluding carboxylic acids is 1. The first-order valence-corrected chi connectivity index (χ1v) is 6.04. The third-order valence-corrected chi connectivity index (χ3v) is 2.76. The first-order chi connectivity index (χ1) is 8.74. The van der Waals surface area contributed by atoms with Crippen LogP contribution in [0.4, 0.5) is 0 Å². The van der Waals surface area contributed by atoms with E-state index in [-0.39, 0.29) is 5.91 Å². The minimum Gasteiger partial charge on any atom is -0.350 e. The number of aromatic nitrogens is 2. The van der Waals surface area contributed by atoms with Gasteiger partial charge in [-0.1, -0.05) is 29.8 Å². The molecule has 94 valence electrons. The van der Waals surface area contributed by atoms with Gasteiger partial charge < -0.3 is 5.32 Å². The van der Waals surface area contributed by atoms with Crippen LogP contribution in [0.15, 0.2) is 36.5 Å². The number of amides is 1. The summed E-state index contributed by atoms with van der Waals surface area (Å²) in [7, 11) is 0. The lowest BCUT2D eigenvalue weighted by molar-refractivity contribution is -0.121. The van der Waals surface area contributed by atoms with Crippen molar-refractivity contribution < 1.29 is 4.79 Å². The Bertz CT molecular complexity index is 506. The van der Waals surface area contributed by atoms with Crippen molar-refractivity contribution in [3.63, 3.8) is 0 Å². The molecule has 0 saturated heterocycles. The number of nitrogens with one attached hydrogen (secondary N) is 2. The van der Waals surface area contributed by atoms with Gasteiger partial charge in [0.15, 0.2) is 0 Å². The summed E-state index contributed by atoms with van der Waals surface area (Å²) in [5.41, 5.74) is 3.34. The molecule has 1 aromatic heterocycles. The molecule has 0 unspecified atom stereocenters. The second-order valence-corrected chi connectivity index (χ2v) is 4.35. The van der Waals surface area contributed by atoms with Crippen molar-refractivity contribution in [2.24, 2.45) is 0 Å². The van der Waals surface area contributed by atoms with Gasteiger partial charge in [0, 0.05) is 12.6 Å². The lowest BCUT2D eigenvalue weighted by atomic mass is 10.1. The van der Waals surface area contributed by atoms with Crippen LogP contribution >= 0.6 is 0 Å². The fraction of sp³-hybridized carbons (Fsp3) is 0.286. The Hall–Kier alpha value is -2.10. The average Bonchev–Trinajstić information content (AvgIpc) is 2.87. The molecule has 18 heavy (non-hydrogen) atoms. The summed E-state index contributed by atoms with van der Waals surface area (Å²) in [5.74, 6) is 0.0612. The van der Waals surface area contributed by atoms with Crippen molar-refractivity contribution in [3.05, 3.63) is 53.3 Å². The molecular weight excluding hydrogens is 226 g/mol. The molecule has 4 nitrogen and oxygen atoms in total. The van der Waals surface area contributed by atoms with E-state index in [9.17, 15) is 4.79 Å². The van der Waals surface area contributed by atoms with Crippen LogP contribution in [0.5, 0.6) is 0 Å². The van der Waals surface area contributed by atoms with E-state index in [0.717, 1.165) is 12.1 Å². The largest absolute Gasteiger partial charge is 0.350 e. The Morgan fingerprint density at radius 3 is 3.00 bits per heavy atom. The van der Waals surface area contributed by atoms with Crippen LogP contribution in [-0.4, -0.2) is 16.1 Å². The summed E-state index contributed by atoms with van der Waals surface area (Å²) in [4.78, 5) is 11.7. The number of nitrogens with zero attached hydrogens (tertiary/aromatic N) is 1. The zero-order valence-electron chi connectivity index (χ0n) is 10.4. The molecule has 1 heterocycles. The minimum atomic E-state index is 0.0612. The van der Waals surface area contributed by atoms with Crippen molar-refractivity contribution in [3.8, 4) is 0 Å². The Morgan fingerprint density at radius 1 is 1.39 bits per heavy atom. The van der Waals surface area contributed by atoms with Gasteiger partial charge in [-0.25, -0.2) is 0 Å². The van der Waals surface area contributed by atoms with E-state index in [2.05, 4.69) is 40.6 Å². The minimum absolute atomic E-state index is 0.0612. The van der Waals surface area contributed by atoms with Crippen LogP contribution < -0.4 is 5.32 Å². The number of hydrogen-bond acceptors (Lipinski definition) is 2. The van der Waals surface area contributed by atoms with Crippen molar-refractivity contribution >= 4 is 5.91 Å². The monoisotopic (exact) mass is 243 g/mol. The molecule has 1 amide bonds. The number of aryl methyl sites for hydroxylation is 2. The first kappa shape index (κ1) is 12.4. The quantitative estimate of drug-likeness (QED) is 0.843. The van der Waals surface area contributed by atoms with E-state index in [4.69, 9.17) is 0 Å². The molecule has 0 fully saturated rings. The second-order valence-electron chi connectivity index (χ2n) is 4.35. The Balaban J connectivity index is 1.75. The highest BCUT2D eigenvalue weighted by Gasteiger charge is 2.03. The van der Waals surface area contributed by atoms with E-state index < -0.39 is 0 Å². The van der Waals surface area contributed by atoms with E-state index in [0.29, 0.717) is 13.0 Å². The highest BCUT2D eigenvalue weighted by molar-refractivity contribution is 5.76. The normalized spacial score (nSPS) is 10.3. The molecule has 0 bridgehead atoms. The fourth-order valence-electron chi connectivity index (χ4n) is 1.79. The molecule has 2 aromatic rings. The van der Waals surface area contributed by atoms with Gasteiger partial charge in [0.1, 0.15) is 0 Å². The maximum Gasteiger partial charge on any atom is 0.220 e. The van der Waals surface area contributed by atoms with Crippen LogP contribution in [0.3, 0.4) is 0 Å². The zero-order chi connectivity index (χ0) is 12.8. The lowest BCUT2D eigenvalue weighted by Gasteiger charge is -2.04. The predicted octanol–water partition coefficient (Wildman–Crippen LogP) is 1.97. The third kappa shape index (κ3) is 3.73. The van der Waals surface area contributed by atoms with Crippen molar-refractivity contribution in [1.82, 2.24) is 15.5 Å². The van der Waals surface area contributed by atoms with Gasteiger partial charge in [0.2, 0.25) is 5.91 Å². The molecule has 0 aliphatic heterocycles. The summed E-state index contributed by atoms with van der Waals surface area (Å²) in [6.07, 6.45) is 2.96. The number of hydrogen-bond donors (Lipinski definition) is 2. The lowest BCUT2D eigenvalue weighted by Crippen LogP contribution is -2.23. The molecule has 0 aliphatic rings. The highest BCUT2D eigenvalue weighted by atomic mass is 16.1. The number of carbonyl (C=O) groups is 1. The number of rotatable bonds is 5. The first-order valence-electron chi connectivity index (χ1n) is 6.04. The van der Waals surface area contributed by atoms with Gasteiger partial charge in [-0.05, 0) is 25.0 Å². The van der Waals surface area contributed by atoms with Gasteiger partial charge >= 0.3 is 0 Å². The molecule has 0 saturated carbocycles. The maximum atomic E-state index is 11.7. The van der Waals surface area contributed by atoms with Crippen LogP contribution in [0.1, 0.15) is 23.2 Å². The topological polar surface area (TPSA) is 57.8 Å². The number of H-pyrrole nitrogens is 1. The SMILES string of the molecule is Cc1cccc(CCC(=O)NCc2ccn[nH]2)c1. The smallest absolute Gasteiger partial charge is 0.220 e. The fourth-order valence-corrected chi connectivity index (χ4v) is 1.79. The van der Waals surface area contributed by atoms with Crippen molar-refractivity contribution in [2.75, 3.05) is 0 Å². The van der Waals surface area contributed by atoms with Gasteiger partial charge in [-0.3, -0.25) is 9.89 Å². The van der Waals surface area contributed by atoms with E-state index in [1.807, 2.05) is 12.1 Å². The molecule has 0 radical (unpaired) electrons. The molecule has 4 heteroatoms. The molecule has 0 atom stereocenters. The average molecular weight is 243 g/mol. The molecule has 1 aromatic carbocycles. The van der Waals surface area contributed by atoms with Crippen LogP contribution in [0, 0.1) is 6.92 Å². The molecule has 2 N–H and O–H groups in total. The molecule has 0 aliphatic carbocycles. The predicted molar refractivity (Wildman–Crippen MR) is 69.9 cm³/mol. The van der Waals surface area contributed by atoms with E-state index in [1.54, 1.807) is 6.20 Å². The summed E-state index contributed by atoms with van der Waals surface area (Å²) in [6, 6.07) is 10.1. The highest BCUT2D eigenvalue weighted by Crippen LogP contribution is 2.06. The van der Waals surface area contributed by atoms with Gasteiger partial charge in [-0.15, -0.1) is 0 Å². The van der Waals surface area contributed by atoms with Crippen LogP contribution in [0.25, 0.3) is 0 Å². The van der Waals surface area contributed by atoms with Crippen LogP contribution in [-0.2, 0) is 17.8 Å². The third-order valence-electron chi connectivity index (χ3n) is 2.76. The standard InChI is InChI=1S/C14H17N3O/c1-11-3-2-4-12(9-11)5-6-14(18)15-10-13-7-8-16-17-13/h2-4,7-9H,5-6,10H2,1H3,(H,15,18)(H,16,17). The second kappa shape index (κ2) is 6.00. The van der Waals surface area contributed by atoms with E-state index >= 15 is 0 Å². The van der Waals surface area contributed by atoms with Crippen molar-refractivity contribution in [1.29, 1.82) is 0 Å². The summed E-state index contributed by atoms with van der Waals surface area (Å²) in [5, 5.41) is 9.50. The Morgan fingerprint density at radius 2 is 2.28 bits per heavy atom. The Kier molecular flexibility index (Phi) is 4.12. The van der Waals surface area contributed by atoms with Crippen molar-refractivity contribution in [2.45, 2.75) is 26.3 Å². The van der Waals surface area contributed by atoms with Gasteiger partial charge in [0.25, 0.3) is 0 Å². The Labute approximate surface area is 106 Å². The molecule has 2 rings (SSSR count).